The van der Waals surface area contributed by atoms with Gasteiger partial charge in [0.25, 0.3) is 5.91 Å². The first-order chi connectivity index (χ1) is 15.8. The van der Waals surface area contributed by atoms with Gasteiger partial charge in [-0.15, -0.1) is 0 Å². The number of aromatic nitrogens is 1. The lowest BCUT2D eigenvalue weighted by Crippen LogP contribution is -2.43. The number of nitrogens with one attached hydrogen (secondary N) is 2. The molecule has 3 aromatic rings. The van der Waals surface area contributed by atoms with Crippen molar-refractivity contribution in [3.05, 3.63) is 89.2 Å². The minimum absolute atomic E-state index is 0.0746. The second-order valence-electron chi connectivity index (χ2n) is 8.64. The van der Waals surface area contributed by atoms with E-state index in [0.717, 1.165) is 11.1 Å². The van der Waals surface area contributed by atoms with E-state index in [1.807, 2.05) is 56.3 Å². The molecule has 1 unspecified atom stereocenters. The molecule has 7 nitrogen and oxygen atoms in total. The molecule has 0 bridgehead atoms. The topological polar surface area (TPSA) is 102 Å². The van der Waals surface area contributed by atoms with Crippen LogP contribution in [0.15, 0.2) is 66.7 Å². The Bertz CT molecular complexity index is 1170. The van der Waals surface area contributed by atoms with Crippen molar-refractivity contribution in [3.8, 4) is 0 Å². The van der Waals surface area contributed by atoms with Crippen LogP contribution in [0.25, 0.3) is 0 Å². The van der Waals surface area contributed by atoms with Gasteiger partial charge in [0, 0.05) is 17.8 Å². The Morgan fingerprint density at radius 2 is 1.73 bits per heavy atom. The third-order valence-corrected chi connectivity index (χ3v) is 5.94. The molecule has 33 heavy (non-hydrogen) atoms. The van der Waals surface area contributed by atoms with Crippen molar-refractivity contribution in [1.29, 1.82) is 0 Å². The largest absolute Gasteiger partial charge is 0.480 e. The van der Waals surface area contributed by atoms with E-state index in [-0.39, 0.29) is 36.4 Å². The summed E-state index contributed by atoms with van der Waals surface area (Å²) in [7, 11) is 0. The number of carboxylic acids is 1. The average Bonchev–Trinajstić information content (AvgIpc) is 3.43. The third-order valence-electron chi connectivity index (χ3n) is 5.94. The Morgan fingerprint density at radius 1 is 1.03 bits per heavy atom. The van der Waals surface area contributed by atoms with Crippen LogP contribution in [0.4, 0.5) is 5.69 Å². The molecule has 2 atom stereocenters. The Morgan fingerprint density at radius 3 is 2.42 bits per heavy atom. The smallest absolute Gasteiger partial charge is 0.327 e. The quantitative estimate of drug-likeness (QED) is 0.516. The number of fused-ring (bicyclic) bond motifs is 1. The number of carbonyl (C=O) groups excluding carboxylic acids is 2. The van der Waals surface area contributed by atoms with Gasteiger partial charge in [-0.3, -0.25) is 14.5 Å². The molecule has 170 valence electrons. The molecule has 3 N–H and O–H groups in total. The van der Waals surface area contributed by atoms with E-state index in [1.54, 1.807) is 24.3 Å². The molecule has 7 heteroatoms. The molecule has 4 rings (SSSR count). The fourth-order valence-corrected chi connectivity index (χ4v) is 4.29. The predicted molar refractivity (Wildman–Crippen MR) is 125 cm³/mol. The van der Waals surface area contributed by atoms with Crippen LogP contribution in [0.2, 0.25) is 0 Å². The van der Waals surface area contributed by atoms with Crippen LogP contribution in [0, 0.1) is 5.92 Å². The first kappa shape index (κ1) is 22.3. The minimum atomic E-state index is -1.04. The van der Waals surface area contributed by atoms with Crippen molar-refractivity contribution in [2.45, 2.75) is 38.8 Å². The number of aliphatic carboxylic acids is 1. The monoisotopic (exact) mass is 445 g/mol. The number of aromatic amines is 1. The molecule has 0 radical (unpaired) electrons. The van der Waals surface area contributed by atoms with Crippen molar-refractivity contribution in [3.63, 3.8) is 0 Å². The lowest BCUT2D eigenvalue weighted by molar-refractivity contribution is -0.138. The summed E-state index contributed by atoms with van der Waals surface area (Å²) in [6.07, 6.45) is 0.538. The van der Waals surface area contributed by atoms with Gasteiger partial charge in [0.05, 0.1) is 12.5 Å². The van der Waals surface area contributed by atoms with Gasteiger partial charge in [-0.2, -0.15) is 0 Å². The minimum Gasteiger partial charge on any atom is -0.480 e. The number of anilines is 1. The van der Waals surface area contributed by atoms with Gasteiger partial charge in [-0.25, -0.2) is 4.79 Å². The zero-order chi connectivity index (χ0) is 23.5. The average molecular weight is 446 g/mol. The van der Waals surface area contributed by atoms with E-state index in [4.69, 9.17) is 0 Å². The van der Waals surface area contributed by atoms with Gasteiger partial charge >= 0.3 is 5.97 Å². The Labute approximate surface area is 192 Å². The second-order valence-corrected chi connectivity index (χ2v) is 8.64. The molecule has 1 aliphatic rings. The molecule has 1 aliphatic heterocycles. The maximum Gasteiger partial charge on any atom is 0.327 e. The highest BCUT2D eigenvalue weighted by atomic mass is 16.4. The van der Waals surface area contributed by atoms with Crippen LogP contribution in [-0.2, 0) is 22.4 Å². The van der Waals surface area contributed by atoms with Crippen molar-refractivity contribution >= 4 is 23.5 Å². The molecule has 2 aromatic carbocycles. The lowest BCUT2D eigenvalue weighted by Gasteiger charge is -2.23. The van der Waals surface area contributed by atoms with Crippen molar-refractivity contribution < 1.29 is 19.5 Å². The molecule has 0 saturated carbocycles. The van der Waals surface area contributed by atoms with Crippen LogP contribution in [0.5, 0.6) is 0 Å². The molecule has 0 aliphatic carbocycles. The van der Waals surface area contributed by atoms with E-state index in [0.29, 0.717) is 11.4 Å². The summed E-state index contributed by atoms with van der Waals surface area (Å²) in [5, 5.41) is 12.7. The number of carboxylic acid groups (broad SMARTS) is 1. The van der Waals surface area contributed by atoms with Crippen LogP contribution in [-0.4, -0.2) is 33.9 Å². The van der Waals surface area contributed by atoms with Gasteiger partial charge in [0.2, 0.25) is 5.91 Å². The Kier molecular flexibility index (Phi) is 6.31. The fraction of sp³-hybridized carbons (Fsp3) is 0.269. The van der Waals surface area contributed by atoms with Crippen molar-refractivity contribution in [2.75, 3.05) is 4.90 Å². The zero-order valence-corrected chi connectivity index (χ0v) is 18.6. The fourth-order valence-electron chi connectivity index (χ4n) is 4.29. The molecule has 0 fully saturated rings. The first-order valence-corrected chi connectivity index (χ1v) is 11.0. The second kappa shape index (κ2) is 9.32. The van der Waals surface area contributed by atoms with E-state index in [1.165, 1.54) is 4.90 Å². The Balaban J connectivity index is 1.54. The van der Waals surface area contributed by atoms with Crippen LogP contribution in [0.1, 0.15) is 47.2 Å². The summed E-state index contributed by atoms with van der Waals surface area (Å²) in [6, 6.07) is 18.9. The molecular formula is C26H27N3O4. The maximum atomic E-state index is 13.3. The third kappa shape index (κ3) is 4.67. The summed E-state index contributed by atoms with van der Waals surface area (Å²) >= 11 is 0. The molecular weight excluding hydrogens is 418 g/mol. The predicted octanol–water partition coefficient (Wildman–Crippen LogP) is 3.73. The Hall–Kier alpha value is -3.87. The number of nitrogens with zero attached hydrogens (tertiary/aromatic N) is 1. The van der Waals surface area contributed by atoms with Crippen molar-refractivity contribution in [2.24, 2.45) is 5.92 Å². The number of benzene rings is 2. The van der Waals surface area contributed by atoms with Gasteiger partial charge in [0.1, 0.15) is 11.7 Å². The van der Waals surface area contributed by atoms with E-state index >= 15 is 0 Å². The van der Waals surface area contributed by atoms with E-state index in [9.17, 15) is 19.5 Å². The molecule has 2 amide bonds. The summed E-state index contributed by atoms with van der Waals surface area (Å²) < 4.78 is 0. The van der Waals surface area contributed by atoms with Gasteiger partial charge in [0.15, 0.2) is 0 Å². The number of rotatable bonds is 7. The number of amides is 2. The molecule has 0 saturated heterocycles. The summed E-state index contributed by atoms with van der Waals surface area (Å²) in [4.78, 5) is 42.3. The standard InChI is InChI=1S/C26H27N3O4/c1-16(2)24(28-23(30)14-17-8-4-3-5-9-17)19-12-13-20(27-19)25(31)29-21-11-7-6-10-18(21)15-22(29)26(32)33/h3-13,16,22,24,27H,14-15H2,1-2H3,(H,28,30)(H,32,33)/t22?,24-/m0/s1. The highest BCUT2D eigenvalue weighted by Crippen LogP contribution is 2.33. The molecule has 0 spiro atoms. The first-order valence-electron chi connectivity index (χ1n) is 11.0. The number of hydrogen-bond acceptors (Lipinski definition) is 3. The van der Waals surface area contributed by atoms with Crippen LogP contribution in [0.3, 0.4) is 0 Å². The SMILES string of the molecule is CC(C)[C@H](NC(=O)Cc1ccccc1)c1ccc(C(=O)N2c3ccccc3CC2C(=O)O)[nH]1. The summed E-state index contributed by atoms with van der Waals surface area (Å²) in [5.41, 5.74) is 3.36. The maximum absolute atomic E-state index is 13.3. The zero-order valence-electron chi connectivity index (χ0n) is 18.6. The number of carbonyl (C=O) groups is 3. The van der Waals surface area contributed by atoms with Crippen LogP contribution >= 0.6 is 0 Å². The highest BCUT2D eigenvalue weighted by molar-refractivity contribution is 6.10. The van der Waals surface area contributed by atoms with E-state index in [2.05, 4.69) is 10.3 Å². The molecule has 1 aromatic heterocycles. The van der Waals surface area contributed by atoms with Crippen LogP contribution < -0.4 is 10.2 Å². The summed E-state index contributed by atoms with van der Waals surface area (Å²) in [5.74, 6) is -1.48. The number of H-pyrrole nitrogens is 1. The normalized spacial score (nSPS) is 15.8. The number of para-hydroxylation sites is 1. The van der Waals surface area contributed by atoms with Gasteiger partial charge in [-0.1, -0.05) is 62.4 Å². The van der Waals surface area contributed by atoms with Gasteiger partial charge in [-0.05, 0) is 35.2 Å². The highest BCUT2D eigenvalue weighted by Gasteiger charge is 2.39. The number of hydrogen-bond donors (Lipinski definition) is 3. The van der Waals surface area contributed by atoms with E-state index < -0.39 is 17.9 Å². The van der Waals surface area contributed by atoms with Gasteiger partial charge < -0.3 is 15.4 Å². The van der Waals surface area contributed by atoms with Crippen molar-refractivity contribution in [1.82, 2.24) is 10.3 Å². The lowest BCUT2D eigenvalue weighted by atomic mass is 10.0. The molecule has 2 heterocycles. The summed E-state index contributed by atoms with van der Waals surface area (Å²) in [6.45, 7) is 3.99.